The fourth-order valence-electron chi connectivity index (χ4n) is 2.22. The molecule has 1 saturated carbocycles. The fourth-order valence-corrected chi connectivity index (χ4v) is 2.22. The highest BCUT2D eigenvalue weighted by Crippen LogP contribution is 2.36. The molecule has 0 bridgehead atoms. The first-order chi connectivity index (χ1) is 5.24. The Morgan fingerprint density at radius 2 is 2.09 bits per heavy atom. The first-order valence-corrected chi connectivity index (χ1v) is 4.94. The van der Waals surface area contributed by atoms with Crippen molar-refractivity contribution in [1.82, 2.24) is 0 Å². The molecule has 2 N–H and O–H groups in total. The zero-order valence-corrected chi connectivity index (χ0v) is 7.84. The molecule has 2 atom stereocenters. The average molecular weight is 155 g/mol. The summed E-state index contributed by atoms with van der Waals surface area (Å²) < 4.78 is 0. The summed E-state index contributed by atoms with van der Waals surface area (Å²) in [7, 11) is 0. The normalized spacial score (nSPS) is 31.6. The number of rotatable bonds is 3. The molecule has 0 aliphatic heterocycles. The van der Waals surface area contributed by atoms with E-state index < -0.39 is 0 Å². The molecule has 1 rings (SSSR count). The summed E-state index contributed by atoms with van der Waals surface area (Å²) in [5.41, 5.74) is 5.53. The first-order valence-electron chi connectivity index (χ1n) is 4.94. The molecule has 0 radical (unpaired) electrons. The molecule has 0 spiro atoms. The minimum atomic E-state index is 0.884. The monoisotopic (exact) mass is 155 g/mol. The maximum absolute atomic E-state index is 5.53. The van der Waals surface area contributed by atoms with E-state index >= 15 is 0 Å². The van der Waals surface area contributed by atoms with Crippen molar-refractivity contribution in [3.63, 3.8) is 0 Å². The lowest BCUT2D eigenvalue weighted by Crippen LogP contribution is -2.07. The Balaban J connectivity index is 2.23. The van der Waals surface area contributed by atoms with Gasteiger partial charge in [0, 0.05) is 0 Å². The summed E-state index contributed by atoms with van der Waals surface area (Å²) in [5.74, 6) is 2.83. The quantitative estimate of drug-likeness (QED) is 0.665. The SMILES string of the molecule is CC(C)C1CCC(CCN)C1. The fraction of sp³-hybridized carbons (Fsp3) is 1.00. The highest BCUT2D eigenvalue weighted by Gasteiger charge is 2.25. The molecule has 1 heteroatoms. The van der Waals surface area contributed by atoms with Crippen molar-refractivity contribution in [3.05, 3.63) is 0 Å². The molecule has 1 nitrogen and oxygen atoms in total. The van der Waals surface area contributed by atoms with Gasteiger partial charge in [0.15, 0.2) is 0 Å². The molecule has 1 aliphatic rings. The number of hydrogen-bond donors (Lipinski definition) is 1. The molecule has 11 heavy (non-hydrogen) atoms. The van der Waals surface area contributed by atoms with Gasteiger partial charge in [-0.1, -0.05) is 20.3 Å². The smallest absolute Gasteiger partial charge is 0.00746 e. The van der Waals surface area contributed by atoms with Crippen LogP contribution < -0.4 is 5.73 Å². The second-order valence-corrected chi connectivity index (χ2v) is 4.26. The van der Waals surface area contributed by atoms with Crippen molar-refractivity contribution in [3.8, 4) is 0 Å². The van der Waals surface area contributed by atoms with Gasteiger partial charge in [-0.2, -0.15) is 0 Å². The molecule has 1 aliphatic carbocycles. The van der Waals surface area contributed by atoms with Gasteiger partial charge >= 0.3 is 0 Å². The highest BCUT2D eigenvalue weighted by atomic mass is 14.5. The summed E-state index contributed by atoms with van der Waals surface area (Å²) in [6.07, 6.45) is 5.57. The molecule has 2 unspecified atom stereocenters. The predicted octanol–water partition coefficient (Wildman–Crippen LogP) is 2.41. The molecular formula is C10H21N. The van der Waals surface area contributed by atoms with E-state index in [1.54, 1.807) is 0 Å². The van der Waals surface area contributed by atoms with Gasteiger partial charge in [-0.3, -0.25) is 0 Å². The molecule has 0 aromatic carbocycles. The van der Waals surface area contributed by atoms with E-state index in [0.29, 0.717) is 0 Å². The topological polar surface area (TPSA) is 26.0 Å². The lowest BCUT2D eigenvalue weighted by atomic mass is 9.93. The summed E-state index contributed by atoms with van der Waals surface area (Å²) in [6, 6.07) is 0. The van der Waals surface area contributed by atoms with Gasteiger partial charge in [0.2, 0.25) is 0 Å². The largest absolute Gasteiger partial charge is 0.330 e. The molecule has 0 saturated heterocycles. The Morgan fingerprint density at radius 1 is 1.36 bits per heavy atom. The van der Waals surface area contributed by atoms with Crippen molar-refractivity contribution in [2.24, 2.45) is 23.5 Å². The lowest BCUT2D eigenvalue weighted by Gasteiger charge is -2.13. The zero-order chi connectivity index (χ0) is 8.27. The van der Waals surface area contributed by atoms with Crippen LogP contribution in [-0.2, 0) is 0 Å². The maximum atomic E-state index is 5.53. The van der Waals surface area contributed by atoms with E-state index in [1.807, 2.05) is 0 Å². The van der Waals surface area contributed by atoms with E-state index in [1.165, 1.54) is 25.7 Å². The van der Waals surface area contributed by atoms with Crippen LogP contribution in [0.4, 0.5) is 0 Å². The zero-order valence-electron chi connectivity index (χ0n) is 7.84. The summed E-state index contributed by atoms with van der Waals surface area (Å²) in [4.78, 5) is 0. The van der Waals surface area contributed by atoms with Gasteiger partial charge in [-0.05, 0) is 43.6 Å². The Labute approximate surface area is 70.4 Å². The Morgan fingerprint density at radius 3 is 2.55 bits per heavy atom. The highest BCUT2D eigenvalue weighted by molar-refractivity contribution is 4.77. The molecular weight excluding hydrogens is 134 g/mol. The van der Waals surface area contributed by atoms with Crippen LogP contribution in [-0.4, -0.2) is 6.54 Å². The van der Waals surface area contributed by atoms with Crippen molar-refractivity contribution >= 4 is 0 Å². The third kappa shape index (κ3) is 2.48. The van der Waals surface area contributed by atoms with Crippen LogP contribution in [0.25, 0.3) is 0 Å². The third-order valence-electron chi connectivity index (χ3n) is 3.10. The minimum absolute atomic E-state index is 0.884. The Bertz CT molecular complexity index is 109. The van der Waals surface area contributed by atoms with Crippen LogP contribution >= 0.6 is 0 Å². The van der Waals surface area contributed by atoms with E-state index in [2.05, 4.69) is 13.8 Å². The Kier molecular flexibility index (Phi) is 3.38. The Hall–Kier alpha value is -0.0400. The number of hydrogen-bond acceptors (Lipinski definition) is 1. The van der Waals surface area contributed by atoms with Crippen molar-refractivity contribution in [2.75, 3.05) is 6.54 Å². The predicted molar refractivity (Wildman–Crippen MR) is 49.3 cm³/mol. The average Bonchev–Trinajstić information content (AvgIpc) is 2.37. The van der Waals surface area contributed by atoms with E-state index in [0.717, 1.165) is 24.3 Å². The van der Waals surface area contributed by atoms with Gasteiger partial charge < -0.3 is 5.73 Å². The second-order valence-electron chi connectivity index (χ2n) is 4.26. The van der Waals surface area contributed by atoms with Gasteiger partial charge in [-0.15, -0.1) is 0 Å². The molecule has 0 aromatic heterocycles. The first kappa shape index (κ1) is 9.05. The molecule has 0 amide bonds. The van der Waals surface area contributed by atoms with Crippen molar-refractivity contribution in [1.29, 1.82) is 0 Å². The van der Waals surface area contributed by atoms with E-state index in [9.17, 15) is 0 Å². The van der Waals surface area contributed by atoms with E-state index in [4.69, 9.17) is 5.73 Å². The van der Waals surface area contributed by atoms with Gasteiger partial charge in [-0.25, -0.2) is 0 Å². The molecule has 0 aromatic rings. The standard InChI is InChI=1S/C10H21N/c1-8(2)10-4-3-9(7-10)5-6-11/h8-10H,3-7,11H2,1-2H3. The summed E-state index contributed by atoms with van der Waals surface area (Å²) >= 11 is 0. The van der Waals surface area contributed by atoms with Crippen molar-refractivity contribution in [2.45, 2.75) is 39.5 Å². The summed E-state index contributed by atoms with van der Waals surface area (Å²) in [5, 5.41) is 0. The van der Waals surface area contributed by atoms with Gasteiger partial charge in [0.05, 0.1) is 0 Å². The van der Waals surface area contributed by atoms with Crippen LogP contribution in [0, 0.1) is 17.8 Å². The van der Waals surface area contributed by atoms with Gasteiger partial charge in [0.25, 0.3) is 0 Å². The lowest BCUT2D eigenvalue weighted by molar-refractivity contribution is 0.374. The molecule has 0 heterocycles. The van der Waals surface area contributed by atoms with Crippen LogP contribution in [0.2, 0.25) is 0 Å². The maximum Gasteiger partial charge on any atom is -0.00746 e. The van der Waals surface area contributed by atoms with Crippen LogP contribution in [0.1, 0.15) is 39.5 Å². The van der Waals surface area contributed by atoms with Crippen LogP contribution in [0.15, 0.2) is 0 Å². The summed E-state index contributed by atoms with van der Waals surface area (Å²) in [6.45, 7) is 5.57. The van der Waals surface area contributed by atoms with Crippen LogP contribution in [0.5, 0.6) is 0 Å². The number of nitrogens with two attached hydrogens (primary N) is 1. The van der Waals surface area contributed by atoms with Crippen molar-refractivity contribution < 1.29 is 0 Å². The van der Waals surface area contributed by atoms with Gasteiger partial charge in [0.1, 0.15) is 0 Å². The minimum Gasteiger partial charge on any atom is -0.330 e. The van der Waals surface area contributed by atoms with E-state index in [-0.39, 0.29) is 0 Å². The van der Waals surface area contributed by atoms with Crippen LogP contribution in [0.3, 0.4) is 0 Å². The molecule has 1 fully saturated rings. The second kappa shape index (κ2) is 4.10. The third-order valence-corrected chi connectivity index (χ3v) is 3.10. The molecule has 66 valence electrons.